The molecule has 0 fully saturated rings. The summed E-state index contributed by atoms with van der Waals surface area (Å²) in [5, 5.41) is 0. The molecule has 0 aromatic heterocycles. The lowest BCUT2D eigenvalue weighted by molar-refractivity contribution is -0.111. The van der Waals surface area contributed by atoms with E-state index in [2.05, 4.69) is 6.92 Å². The first kappa shape index (κ1) is 10.2. The normalized spacial score (nSPS) is 9.70. The van der Waals surface area contributed by atoms with E-state index in [4.69, 9.17) is 0 Å². The maximum absolute atomic E-state index is 10.5. The van der Waals surface area contributed by atoms with E-state index in [0.717, 1.165) is 29.1 Å². The minimum atomic E-state index is 0.469. The van der Waals surface area contributed by atoms with Crippen LogP contribution in [0.2, 0.25) is 0 Å². The third-order valence-corrected chi connectivity index (χ3v) is 2.13. The number of rotatable bonds is 6. The topological polar surface area (TPSA) is 17.1 Å². The van der Waals surface area contributed by atoms with E-state index in [9.17, 15) is 4.79 Å². The van der Waals surface area contributed by atoms with Gasteiger partial charge in [-0.25, -0.2) is 0 Å². The van der Waals surface area contributed by atoms with Crippen LogP contribution in [0.25, 0.3) is 0 Å². The Morgan fingerprint density at radius 3 is 2.30 bits per heavy atom. The van der Waals surface area contributed by atoms with Gasteiger partial charge in [-0.15, -0.1) is 0 Å². The van der Waals surface area contributed by atoms with Crippen molar-refractivity contribution in [1.29, 1.82) is 0 Å². The third kappa shape index (κ3) is 8.20. The van der Waals surface area contributed by atoms with Gasteiger partial charge in [-0.3, -0.25) is 0 Å². The average molecular weight is 156 g/mol. The molecule has 0 aliphatic heterocycles. The van der Waals surface area contributed by atoms with E-state index in [-0.39, 0.29) is 0 Å². The van der Waals surface area contributed by atoms with Gasteiger partial charge in [0, 0.05) is 4.65 Å². The Morgan fingerprint density at radius 2 is 1.80 bits per heavy atom. The average Bonchev–Trinajstić information content (AvgIpc) is 1.87. The molecule has 0 bridgehead atoms. The fourth-order valence-electron chi connectivity index (χ4n) is 0.977. The summed E-state index contributed by atoms with van der Waals surface area (Å²) in [5.74, 6) is 0. The monoisotopic (exact) mass is 156 g/mol. The highest BCUT2D eigenvalue weighted by atomic mass is 27.0. The Kier molecular flexibility index (Phi) is 7.46. The van der Waals surface area contributed by atoms with Gasteiger partial charge in [0.2, 0.25) is 0 Å². The zero-order chi connectivity index (χ0) is 7.82. The molecule has 0 spiro atoms. The maximum atomic E-state index is 10.5. The molecule has 58 valence electrons. The Labute approximate surface area is 71.6 Å². The fraction of sp³-hybridized carbons (Fsp3) is 0.875. The molecule has 0 unspecified atom stereocenters. The van der Waals surface area contributed by atoms with Crippen LogP contribution in [0.15, 0.2) is 0 Å². The SMILES string of the molecule is CCCCCCC[C](=O)[AlH2]. The van der Waals surface area contributed by atoms with Gasteiger partial charge in [0.05, 0.1) is 0 Å². The van der Waals surface area contributed by atoms with Crippen LogP contribution in [-0.2, 0) is 4.79 Å². The second kappa shape index (κ2) is 7.31. The molecule has 0 heterocycles. The first-order chi connectivity index (χ1) is 4.77. The van der Waals surface area contributed by atoms with Crippen molar-refractivity contribution in [3.63, 3.8) is 0 Å². The molecule has 0 N–H and O–H groups in total. The Bertz CT molecular complexity index is 91.3. The van der Waals surface area contributed by atoms with Crippen LogP contribution >= 0.6 is 0 Å². The highest BCUT2D eigenvalue weighted by Crippen LogP contribution is 2.04. The van der Waals surface area contributed by atoms with Crippen LogP contribution in [-0.4, -0.2) is 20.9 Å². The van der Waals surface area contributed by atoms with Gasteiger partial charge in [-0.2, -0.15) is 0 Å². The molecule has 0 aliphatic carbocycles. The first-order valence-corrected chi connectivity index (χ1v) is 5.26. The van der Waals surface area contributed by atoms with Gasteiger partial charge >= 0.3 is 16.3 Å². The summed E-state index contributed by atoms with van der Waals surface area (Å²) in [4.78, 5) is 10.5. The summed E-state index contributed by atoms with van der Waals surface area (Å²) < 4.78 is 0.469. The Balaban J connectivity index is 2.84. The largest absolute Gasteiger partial charge is 0.322 e. The summed E-state index contributed by atoms with van der Waals surface area (Å²) >= 11 is 0.749. The molecule has 0 aliphatic rings. The molecule has 0 saturated carbocycles. The minimum Gasteiger partial charge on any atom is -0.322 e. The zero-order valence-electron chi connectivity index (χ0n) is 7.15. The van der Waals surface area contributed by atoms with E-state index in [1.54, 1.807) is 0 Å². The number of carbonyl (C=O) groups is 1. The molecule has 2 heteroatoms. The van der Waals surface area contributed by atoms with Crippen molar-refractivity contribution in [3.8, 4) is 0 Å². The van der Waals surface area contributed by atoms with Crippen molar-refractivity contribution in [1.82, 2.24) is 0 Å². The molecule has 0 amide bonds. The summed E-state index contributed by atoms with van der Waals surface area (Å²) in [6.45, 7) is 2.21. The van der Waals surface area contributed by atoms with Crippen molar-refractivity contribution in [2.24, 2.45) is 0 Å². The van der Waals surface area contributed by atoms with E-state index < -0.39 is 0 Å². The molecular weight excluding hydrogens is 139 g/mol. The number of unbranched alkanes of at least 4 members (excludes halogenated alkanes) is 4. The van der Waals surface area contributed by atoms with Crippen molar-refractivity contribution in [2.75, 3.05) is 0 Å². The minimum absolute atomic E-state index is 0.469. The van der Waals surface area contributed by atoms with E-state index in [1.165, 1.54) is 25.7 Å². The summed E-state index contributed by atoms with van der Waals surface area (Å²) in [5.41, 5.74) is 0. The summed E-state index contributed by atoms with van der Waals surface area (Å²) in [7, 11) is 0. The van der Waals surface area contributed by atoms with Gasteiger partial charge in [0.25, 0.3) is 0 Å². The van der Waals surface area contributed by atoms with Crippen molar-refractivity contribution in [3.05, 3.63) is 0 Å². The van der Waals surface area contributed by atoms with Crippen molar-refractivity contribution < 1.29 is 4.79 Å². The second-order valence-corrected chi connectivity index (χ2v) is 3.98. The molecular formula is C8H17AlO. The van der Waals surface area contributed by atoms with Crippen molar-refractivity contribution >= 4 is 20.9 Å². The van der Waals surface area contributed by atoms with E-state index in [1.807, 2.05) is 0 Å². The number of hydrogen-bond acceptors (Lipinski definition) is 1. The lowest BCUT2D eigenvalue weighted by Crippen LogP contribution is -1.94. The number of hydrogen-bond donors (Lipinski definition) is 0. The van der Waals surface area contributed by atoms with Crippen LogP contribution < -0.4 is 0 Å². The van der Waals surface area contributed by atoms with Crippen LogP contribution in [0, 0.1) is 0 Å². The quantitative estimate of drug-likeness (QED) is 0.421. The molecule has 0 atom stereocenters. The summed E-state index contributed by atoms with van der Waals surface area (Å²) in [6.07, 6.45) is 7.15. The summed E-state index contributed by atoms with van der Waals surface area (Å²) in [6, 6.07) is 0. The molecule has 0 rings (SSSR count). The van der Waals surface area contributed by atoms with Crippen LogP contribution in [0.3, 0.4) is 0 Å². The molecule has 1 nitrogen and oxygen atoms in total. The van der Waals surface area contributed by atoms with E-state index in [0.29, 0.717) is 4.65 Å². The van der Waals surface area contributed by atoms with Crippen molar-refractivity contribution in [2.45, 2.75) is 45.4 Å². The highest BCUT2D eigenvalue weighted by molar-refractivity contribution is 6.57. The van der Waals surface area contributed by atoms with Crippen LogP contribution in [0.4, 0.5) is 0 Å². The Hall–Kier alpha value is 0.202. The van der Waals surface area contributed by atoms with Crippen LogP contribution in [0.5, 0.6) is 0 Å². The first-order valence-electron chi connectivity index (χ1n) is 4.26. The van der Waals surface area contributed by atoms with Crippen LogP contribution in [0.1, 0.15) is 45.4 Å². The molecule has 0 radical (unpaired) electrons. The van der Waals surface area contributed by atoms with Gasteiger partial charge in [0.1, 0.15) is 0 Å². The Morgan fingerprint density at radius 1 is 1.20 bits per heavy atom. The molecule has 0 saturated heterocycles. The van der Waals surface area contributed by atoms with Gasteiger partial charge < -0.3 is 4.79 Å². The highest BCUT2D eigenvalue weighted by Gasteiger charge is 1.92. The molecule has 10 heavy (non-hydrogen) atoms. The predicted molar refractivity (Wildman–Crippen MR) is 46.9 cm³/mol. The zero-order valence-corrected chi connectivity index (χ0v) is 9.15. The van der Waals surface area contributed by atoms with E-state index >= 15 is 0 Å². The molecule has 0 aromatic carbocycles. The third-order valence-electron chi connectivity index (χ3n) is 1.63. The molecule has 0 aromatic rings. The van der Waals surface area contributed by atoms with Gasteiger partial charge in [-0.1, -0.05) is 32.6 Å². The smallest absolute Gasteiger partial charge is 0.319 e. The van der Waals surface area contributed by atoms with Gasteiger partial charge in [0.15, 0.2) is 0 Å². The second-order valence-electron chi connectivity index (χ2n) is 2.87. The maximum Gasteiger partial charge on any atom is 0.319 e. The predicted octanol–water partition coefficient (Wildman–Crippen LogP) is 1.51. The fourth-order valence-corrected chi connectivity index (χ4v) is 1.33. The van der Waals surface area contributed by atoms with Gasteiger partial charge in [-0.05, 0) is 12.8 Å². The lowest BCUT2D eigenvalue weighted by atomic mass is 10.1. The standard InChI is InChI=1S/C8H15O.Al.2H/c1-2-3-4-5-6-7-8-9;;;/h2-7H2,1H3;;;. The lowest BCUT2D eigenvalue weighted by Gasteiger charge is -1.96. The number of carbonyl (C=O) groups excluding carboxylic acids is 1.